The summed E-state index contributed by atoms with van der Waals surface area (Å²) >= 11 is 0. The Kier molecular flexibility index (Phi) is 5.96. The zero-order valence-corrected chi connectivity index (χ0v) is 14.9. The minimum absolute atomic E-state index is 0.191. The molecule has 1 aromatic heterocycles. The Balaban J connectivity index is 1.52. The number of hydrogen-bond acceptors (Lipinski definition) is 7. The average molecular weight is 358 g/mol. The Bertz CT molecular complexity index is 757. The van der Waals surface area contributed by atoms with Gasteiger partial charge in [-0.1, -0.05) is 24.3 Å². The first-order valence-electron chi connectivity index (χ1n) is 8.60. The van der Waals surface area contributed by atoms with Crippen LogP contribution in [0.1, 0.15) is 31.7 Å². The van der Waals surface area contributed by atoms with Crippen molar-refractivity contribution in [2.24, 2.45) is 0 Å². The number of aryl methyl sites for hydroxylation is 1. The van der Waals surface area contributed by atoms with Gasteiger partial charge in [0.15, 0.2) is 5.82 Å². The summed E-state index contributed by atoms with van der Waals surface area (Å²) < 4.78 is 16.6. The van der Waals surface area contributed by atoms with Crippen LogP contribution >= 0.6 is 0 Å². The lowest BCUT2D eigenvalue weighted by Crippen LogP contribution is -2.32. The molecule has 0 aliphatic carbocycles. The van der Waals surface area contributed by atoms with Crippen LogP contribution in [0, 0.1) is 0 Å². The van der Waals surface area contributed by atoms with Crippen molar-refractivity contribution in [1.29, 1.82) is 0 Å². The Labute approximate surface area is 151 Å². The van der Waals surface area contributed by atoms with Gasteiger partial charge in [0.25, 0.3) is 0 Å². The molecule has 26 heavy (non-hydrogen) atoms. The van der Waals surface area contributed by atoms with Crippen LogP contribution in [-0.4, -0.2) is 45.2 Å². The van der Waals surface area contributed by atoms with E-state index in [-0.39, 0.29) is 18.7 Å². The van der Waals surface area contributed by atoms with Crippen molar-refractivity contribution in [1.82, 2.24) is 20.2 Å². The molecule has 8 nitrogen and oxygen atoms in total. The highest BCUT2D eigenvalue weighted by Crippen LogP contribution is 2.20. The maximum Gasteiger partial charge on any atom is 0.302 e. The number of benzene rings is 1. The van der Waals surface area contributed by atoms with Gasteiger partial charge in [-0.25, -0.2) is 0 Å². The molecule has 0 N–H and O–H groups in total. The van der Waals surface area contributed by atoms with Gasteiger partial charge in [-0.05, 0) is 29.8 Å². The second-order valence-corrected chi connectivity index (χ2v) is 5.90. The molecule has 2 unspecified atom stereocenters. The lowest BCUT2D eigenvalue weighted by atomic mass is 10.1. The Hall–Kier alpha value is -2.74. The van der Waals surface area contributed by atoms with E-state index in [1.807, 2.05) is 43.3 Å². The van der Waals surface area contributed by atoms with E-state index in [9.17, 15) is 4.79 Å². The zero-order valence-electron chi connectivity index (χ0n) is 14.9. The van der Waals surface area contributed by atoms with Gasteiger partial charge in [0, 0.05) is 19.8 Å². The molecule has 0 bridgehead atoms. The van der Waals surface area contributed by atoms with Crippen molar-refractivity contribution in [3.8, 4) is 5.75 Å². The molecule has 138 valence electrons. The van der Waals surface area contributed by atoms with Crippen LogP contribution in [0.15, 0.2) is 36.4 Å². The minimum atomic E-state index is -0.405. The maximum absolute atomic E-state index is 10.9. The van der Waals surface area contributed by atoms with Crippen LogP contribution in [0.25, 0.3) is 0 Å². The highest BCUT2D eigenvalue weighted by Gasteiger charge is 2.20. The molecule has 1 aliphatic rings. The fraction of sp³-hybridized carbons (Fsp3) is 0.444. The predicted molar refractivity (Wildman–Crippen MR) is 92.4 cm³/mol. The molecule has 0 saturated carbocycles. The standard InChI is InChI=1S/C18H22N4O4/c1-3-22-20-17(19-21-22)11-14-7-9-15(10-8-14)25-18-6-4-5-16(26-18)12-24-13(2)23/h4-5,7-10,16,18H,3,6,11-12H2,1-2H3. The summed E-state index contributed by atoms with van der Waals surface area (Å²) in [5.74, 6) is 1.08. The second kappa shape index (κ2) is 8.57. The van der Waals surface area contributed by atoms with E-state index in [1.54, 1.807) is 4.80 Å². The van der Waals surface area contributed by atoms with E-state index in [0.29, 0.717) is 31.0 Å². The third-order valence-electron chi connectivity index (χ3n) is 3.79. The van der Waals surface area contributed by atoms with Gasteiger partial charge in [-0.15, -0.1) is 10.2 Å². The molecular formula is C18H22N4O4. The molecule has 0 radical (unpaired) electrons. The summed E-state index contributed by atoms with van der Waals surface area (Å²) in [5.41, 5.74) is 1.07. The van der Waals surface area contributed by atoms with Gasteiger partial charge >= 0.3 is 5.97 Å². The van der Waals surface area contributed by atoms with E-state index in [4.69, 9.17) is 14.2 Å². The third kappa shape index (κ3) is 5.13. The van der Waals surface area contributed by atoms with Gasteiger partial charge in [-0.2, -0.15) is 4.80 Å². The molecular weight excluding hydrogens is 336 g/mol. The van der Waals surface area contributed by atoms with Crippen molar-refractivity contribution >= 4 is 5.97 Å². The van der Waals surface area contributed by atoms with Crippen molar-refractivity contribution in [2.75, 3.05) is 6.61 Å². The largest absolute Gasteiger partial charge is 0.465 e. The topological polar surface area (TPSA) is 88.4 Å². The van der Waals surface area contributed by atoms with Crippen molar-refractivity contribution in [3.63, 3.8) is 0 Å². The number of esters is 1. The number of ether oxygens (including phenoxy) is 3. The lowest BCUT2D eigenvalue weighted by Gasteiger charge is -2.26. The molecule has 2 heterocycles. The molecule has 3 rings (SSSR count). The second-order valence-electron chi connectivity index (χ2n) is 5.90. The van der Waals surface area contributed by atoms with Crippen molar-refractivity contribution < 1.29 is 19.0 Å². The summed E-state index contributed by atoms with van der Waals surface area (Å²) in [5, 5.41) is 12.3. The van der Waals surface area contributed by atoms with E-state index < -0.39 is 6.29 Å². The fourth-order valence-electron chi connectivity index (χ4n) is 2.51. The first-order chi connectivity index (χ1) is 12.6. The summed E-state index contributed by atoms with van der Waals surface area (Å²) in [6.07, 6.45) is 4.42. The highest BCUT2D eigenvalue weighted by molar-refractivity contribution is 5.65. The van der Waals surface area contributed by atoms with E-state index in [0.717, 1.165) is 5.56 Å². The van der Waals surface area contributed by atoms with Crippen molar-refractivity contribution in [3.05, 3.63) is 47.8 Å². The molecule has 1 aliphatic heterocycles. The molecule has 1 aromatic carbocycles. The number of carbonyl (C=O) groups excluding carboxylic acids is 1. The molecule has 2 aromatic rings. The van der Waals surface area contributed by atoms with Gasteiger partial charge in [0.2, 0.25) is 6.29 Å². The van der Waals surface area contributed by atoms with E-state index >= 15 is 0 Å². The van der Waals surface area contributed by atoms with Crippen LogP contribution in [-0.2, 0) is 27.2 Å². The first kappa shape index (κ1) is 18.1. The predicted octanol–water partition coefficient (Wildman–Crippen LogP) is 1.90. The first-order valence-corrected chi connectivity index (χ1v) is 8.60. The van der Waals surface area contributed by atoms with Crippen LogP contribution in [0.4, 0.5) is 0 Å². The summed E-state index contributed by atoms with van der Waals surface area (Å²) in [4.78, 5) is 12.5. The fourth-order valence-corrected chi connectivity index (χ4v) is 2.51. The Morgan fingerprint density at radius 2 is 2.15 bits per heavy atom. The maximum atomic E-state index is 10.9. The number of carbonyl (C=O) groups is 1. The zero-order chi connectivity index (χ0) is 18.4. The summed E-state index contributed by atoms with van der Waals surface area (Å²) in [7, 11) is 0. The molecule has 2 atom stereocenters. The van der Waals surface area contributed by atoms with E-state index in [2.05, 4.69) is 15.4 Å². The molecule has 0 fully saturated rings. The molecule has 0 saturated heterocycles. The van der Waals surface area contributed by atoms with Gasteiger partial charge in [-0.3, -0.25) is 4.79 Å². The van der Waals surface area contributed by atoms with Crippen LogP contribution in [0.5, 0.6) is 5.75 Å². The van der Waals surface area contributed by atoms with Crippen molar-refractivity contribution in [2.45, 2.75) is 45.6 Å². The lowest BCUT2D eigenvalue weighted by molar-refractivity contribution is -0.154. The number of hydrogen-bond donors (Lipinski definition) is 0. The monoisotopic (exact) mass is 358 g/mol. The van der Waals surface area contributed by atoms with Crippen LogP contribution in [0.3, 0.4) is 0 Å². The number of aromatic nitrogens is 4. The number of nitrogens with zero attached hydrogens (tertiary/aromatic N) is 4. The van der Waals surface area contributed by atoms with Gasteiger partial charge < -0.3 is 14.2 Å². The normalized spacial score (nSPS) is 19.3. The van der Waals surface area contributed by atoms with Crippen LogP contribution < -0.4 is 4.74 Å². The Morgan fingerprint density at radius 3 is 2.85 bits per heavy atom. The summed E-state index contributed by atoms with van der Waals surface area (Å²) in [6.45, 7) is 4.24. The average Bonchev–Trinajstić information content (AvgIpc) is 3.10. The number of rotatable bonds is 7. The Morgan fingerprint density at radius 1 is 1.35 bits per heavy atom. The molecule has 0 amide bonds. The smallest absolute Gasteiger partial charge is 0.302 e. The SMILES string of the molecule is CCn1nnc(Cc2ccc(OC3CC=CC(COC(C)=O)O3)cc2)n1. The van der Waals surface area contributed by atoms with Gasteiger partial charge in [0.05, 0.1) is 6.54 Å². The van der Waals surface area contributed by atoms with Crippen LogP contribution in [0.2, 0.25) is 0 Å². The third-order valence-corrected chi connectivity index (χ3v) is 3.79. The quantitative estimate of drug-likeness (QED) is 0.552. The minimum Gasteiger partial charge on any atom is -0.465 e. The van der Waals surface area contributed by atoms with E-state index in [1.165, 1.54) is 6.92 Å². The summed E-state index contributed by atoms with van der Waals surface area (Å²) in [6, 6.07) is 7.72. The highest BCUT2D eigenvalue weighted by atomic mass is 16.7. The van der Waals surface area contributed by atoms with Gasteiger partial charge in [0.1, 0.15) is 18.5 Å². The molecule has 8 heteroatoms. The molecule has 0 spiro atoms. The number of tetrazole rings is 1.